The first-order chi connectivity index (χ1) is 13.7. The second-order valence-corrected chi connectivity index (χ2v) is 7.98. The Hall–Kier alpha value is -2.21. The number of benzene rings is 1. The van der Waals surface area contributed by atoms with Crippen LogP contribution in [0.5, 0.6) is 0 Å². The van der Waals surface area contributed by atoms with Crippen LogP contribution in [-0.4, -0.2) is 53.4 Å². The molecule has 2 fully saturated rings. The van der Waals surface area contributed by atoms with E-state index in [4.69, 9.17) is 4.42 Å². The minimum Gasteiger partial charge on any atom is -0.445 e. The van der Waals surface area contributed by atoms with Gasteiger partial charge >= 0.3 is 0 Å². The molecule has 6 heteroatoms. The van der Waals surface area contributed by atoms with Crippen LogP contribution in [0, 0.1) is 5.82 Å². The molecule has 2 aliphatic heterocycles. The number of carbonyl (C=O) groups is 1. The summed E-state index contributed by atoms with van der Waals surface area (Å²) < 4.78 is 19.0. The van der Waals surface area contributed by atoms with Gasteiger partial charge < -0.3 is 9.32 Å². The lowest BCUT2D eigenvalue weighted by atomic mass is 9.98. The van der Waals surface area contributed by atoms with Crippen LogP contribution in [0.4, 0.5) is 4.39 Å². The highest BCUT2D eigenvalue weighted by molar-refractivity contribution is 5.78. The summed E-state index contributed by atoms with van der Waals surface area (Å²) in [6.07, 6.45) is 7.99. The lowest BCUT2D eigenvalue weighted by Crippen LogP contribution is -2.45. The van der Waals surface area contributed by atoms with Crippen molar-refractivity contribution in [3.63, 3.8) is 0 Å². The molecule has 2 aliphatic rings. The number of amides is 1. The summed E-state index contributed by atoms with van der Waals surface area (Å²) >= 11 is 0. The van der Waals surface area contributed by atoms with Gasteiger partial charge in [0.1, 0.15) is 11.6 Å². The molecule has 150 valence electrons. The summed E-state index contributed by atoms with van der Waals surface area (Å²) in [4.78, 5) is 21.5. The molecule has 0 radical (unpaired) electrons. The Morgan fingerprint density at radius 2 is 1.89 bits per heavy atom. The van der Waals surface area contributed by atoms with E-state index in [0.29, 0.717) is 25.4 Å². The van der Waals surface area contributed by atoms with Gasteiger partial charge in [0.2, 0.25) is 5.91 Å². The lowest BCUT2D eigenvalue weighted by Gasteiger charge is -2.34. The van der Waals surface area contributed by atoms with E-state index in [0.717, 1.165) is 43.8 Å². The summed E-state index contributed by atoms with van der Waals surface area (Å²) in [7, 11) is 0. The average Bonchev–Trinajstić information content (AvgIpc) is 3.19. The third kappa shape index (κ3) is 4.79. The number of rotatable bonds is 5. The maximum absolute atomic E-state index is 13.1. The molecule has 1 amide bonds. The zero-order chi connectivity index (χ0) is 19.3. The van der Waals surface area contributed by atoms with Crippen molar-refractivity contribution >= 4 is 5.91 Å². The van der Waals surface area contributed by atoms with E-state index in [1.165, 1.54) is 31.4 Å². The molecule has 0 aliphatic carbocycles. The Labute approximate surface area is 165 Å². The van der Waals surface area contributed by atoms with Crippen molar-refractivity contribution in [2.45, 2.75) is 44.4 Å². The van der Waals surface area contributed by atoms with Gasteiger partial charge in [0.05, 0.1) is 18.7 Å². The second-order valence-electron chi connectivity index (χ2n) is 7.98. The standard InChI is InChI=1S/C22H28FN3O2/c23-19-8-6-17(7-9-19)13-20-14-24-22(28-20)18-5-4-12-26(15-18)21(27)16-25-10-2-1-3-11-25/h6-9,14,18H,1-5,10-13,15-16H2/t18-/m0/s1. The quantitative estimate of drug-likeness (QED) is 0.789. The SMILES string of the molecule is O=C(CN1CCCCC1)N1CCC[C@H](c2ncc(Cc3ccc(F)cc3)o2)C1. The Bertz CT molecular complexity index is 783. The van der Waals surface area contributed by atoms with Gasteiger partial charge in [-0.15, -0.1) is 0 Å². The van der Waals surface area contributed by atoms with Crippen molar-refractivity contribution in [2.24, 2.45) is 0 Å². The predicted octanol–water partition coefficient (Wildman–Crippen LogP) is 3.60. The normalized spacial score (nSPS) is 21.0. The van der Waals surface area contributed by atoms with Crippen LogP contribution >= 0.6 is 0 Å². The van der Waals surface area contributed by atoms with E-state index in [1.807, 2.05) is 4.90 Å². The van der Waals surface area contributed by atoms with Crippen LogP contribution in [0.2, 0.25) is 0 Å². The minimum atomic E-state index is -0.237. The molecular formula is C22H28FN3O2. The third-order valence-corrected chi connectivity index (χ3v) is 5.79. The number of hydrogen-bond donors (Lipinski definition) is 0. The molecule has 2 aromatic rings. The van der Waals surface area contributed by atoms with Crippen molar-refractivity contribution in [3.8, 4) is 0 Å². The van der Waals surface area contributed by atoms with Crippen molar-refractivity contribution in [2.75, 3.05) is 32.7 Å². The largest absolute Gasteiger partial charge is 0.445 e. The molecule has 5 nitrogen and oxygen atoms in total. The Morgan fingerprint density at radius 3 is 2.68 bits per heavy atom. The average molecular weight is 385 g/mol. The molecule has 2 saturated heterocycles. The van der Waals surface area contributed by atoms with Crippen molar-refractivity contribution in [3.05, 3.63) is 53.5 Å². The molecule has 0 N–H and O–H groups in total. The van der Waals surface area contributed by atoms with Gasteiger partial charge in [-0.05, 0) is 56.5 Å². The molecule has 4 rings (SSSR count). The first kappa shape index (κ1) is 19.1. The van der Waals surface area contributed by atoms with Crippen LogP contribution in [0.25, 0.3) is 0 Å². The van der Waals surface area contributed by atoms with Gasteiger partial charge in [0.25, 0.3) is 0 Å². The summed E-state index contributed by atoms with van der Waals surface area (Å²) in [6, 6.07) is 6.44. The molecule has 3 heterocycles. The van der Waals surface area contributed by atoms with E-state index in [-0.39, 0.29) is 17.6 Å². The highest BCUT2D eigenvalue weighted by Crippen LogP contribution is 2.27. The summed E-state index contributed by atoms with van der Waals surface area (Å²) in [5, 5.41) is 0. The smallest absolute Gasteiger partial charge is 0.236 e. The van der Waals surface area contributed by atoms with Crippen LogP contribution in [0.3, 0.4) is 0 Å². The number of carbonyl (C=O) groups excluding carboxylic acids is 1. The van der Waals surface area contributed by atoms with Gasteiger partial charge in [-0.2, -0.15) is 0 Å². The molecule has 1 atom stereocenters. The van der Waals surface area contributed by atoms with Gasteiger partial charge in [-0.25, -0.2) is 9.37 Å². The maximum atomic E-state index is 13.1. The first-order valence-corrected chi connectivity index (χ1v) is 10.4. The number of oxazole rings is 1. The molecule has 28 heavy (non-hydrogen) atoms. The van der Waals surface area contributed by atoms with Crippen molar-refractivity contribution in [1.29, 1.82) is 0 Å². The van der Waals surface area contributed by atoms with E-state index >= 15 is 0 Å². The summed E-state index contributed by atoms with van der Waals surface area (Å²) in [5.41, 5.74) is 0.992. The summed E-state index contributed by atoms with van der Waals surface area (Å²) in [5.74, 6) is 1.63. The Morgan fingerprint density at radius 1 is 1.11 bits per heavy atom. The number of likely N-dealkylation sites (tertiary alicyclic amines) is 2. The highest BCUT2D eigenvalue weighted by atomic mass is 19.1. The molecule has 0 bridgehead atoms. The maximum Gasteiger partial charge on any atom is 0.236 e. The molecule has 1 aromatic heterocycles. The zero-order valence-corrected chi connectivity index (χ0v) is 16.3. The lowest BCUT2D eigenvalue weighted by molar-refractivity contribution is -0.134. The fourth-order valence-corrected chi connectivity index (χ4v) is 4.21. The zero-order valence-electron chi connectivity index (χ0n) is 16.3. The Balaban J connectivity index is 1.34. The number of aromatic nitrogens is 1. The highest BCUT2D eigenvalue weighted by Gasteiger charge is 2.28. The van der Waals surface area contributed by atoms with Crippen LogP contribution < -0.4 is 0 Å². The molecular weight excluding hydrogens is 357 g/mol. The third-order valence-electron chi connectivity index (χ3n) is 5.79. The van der Waals surface area contributed by atoms with E-state index in [1.54, 1.807) is 18.3 Å². The van der Waals surface area contributed by atoms with Crippen LogP contribution in [0.1, 0.15) is 55.2 Å². The molecule has 0 saturated carbocycles. The van der Waals surface area contributed by atoms with Crippen molar-refractivity contribution < 1.29 is 13.6 Å². The first-order valence-electron chi connectivity index (χ1n) is 10.4. The molecule has 1 aromatic carbocycles. The van der Waals surface area contributed by atoms with Crippen LogP contribution in [-0.2, 0) is 11.2 Å². The Kier molecular flexibility index (Phi) is 6.05. The number of piperidine rings is 2. The molecule has 0 unspecified atom stereocenters. The van der Waals surface area contributed by atoms with E-state index in [9.17, 15) is 9.18 Å². The fourth-order valence-electron chi connectivity index (χ4n) is 4.21. The number of hydrogen-bond acceptors (Lipinski definition) is 4. The van der Waals surface area contributed by atoms with E-state index < -0.39 is 0 Å². The van der Waals surface area contributed by atoms with Gasteiger partial charge in [0, 0.05) is 19.5 Å². The van der Waals surface area contributed by atoms with Gasteiger partial charge in [-0.3, -0.25) is 9.69 Å². The van der Waals surface area contributed by atoms with Gasteiger partial charge in [-0.1, -0.05) is 18.6 Å². The minimum absolute atomic E-state index is 0.154. The van der Waals surface area contributed by atoms with Crippen LogP contribution in [0.15, 0.2) is 34.9 Å². The monoisotopic (exact) mass is 385 g/mol. The summed E-state index contributed by atoms with van der Waals surface area (Å²) in [6.45, 7) is 4.12. The van der Waals surface area contributed by atoms with Gasteiger partial charge in [0.15, 0.2) is 5.89 Å². The fraction of sp³-hybridized carbons (Fsp3) is 0.545. The van der Waals surface area contributed by atoms with Crippen molar-refractivity contribution in [1.82, 2.24) is 14.8 Å². The van der Waals surface area contributed by atoms with E-state index in [2.05, 4.69) is 9.88 Å². The topological polar surface area (TPSA) is 49.6 Å². The number of halogens is 1. The molecule has 0 spiro atoms. The second kappa shape index (κ2) is 8.86. The number of nitrogens with zero attached hydrogens (tertiary/aromatic N) is 3. The predicted molar refractivity (Wildman–Crippen MR) is 105 cm³/mol.